The number of fused-ring (bicyclic) bond motifs is 1. The Balaban J connectivity index is 1.31. The fourth-order valence-corrected chi connectivity index (χ4v) is 3.61. The van der Waals surface area contributed by atoms with Gasteiger partial charge < -0.3 is 24.2 Å². The summed E-state index contributed by atoms with van der Waals surface area (Å²) >= 11 is 0. The van der Waals surface area contributed by atoms with E-state index in [2.05, 4.69) is 9.84 Å². The van der Waals surface area contributed by atoms with E-state index in [1.165, 1.54) is 12.1 Å². The topological polar surface area (TPSA) is 66.8 Å². The summed E-state index contributed by atoms with van der Waals surface area (Å²) < 4.78 is 52.5. The van der Waals surface area contributed by atoms with Gasteiger partial charge >= 0.3 is 6.36 Å². The van der Waals surface area contributed by atoms with Gasteiger partial charge in [-0.25, -0.2) is 0 Å². The van der Waals surface area contributed by atoms with Crippen molar-refractivity contribution in [1.29, 1.82) is 0 Å². The number of rotatable bonds is 9. The number of nitrogens with zero attached hydrogens (tertiary/aromatic N) is 3. The summed E-state index contributed by atoms with van der Waals surface area (Å²) in [6.45, 7) is 4.61. The van der Waals surface area contributed by atoms with Gasteiger partial charge in [0.05, 0.1) is 12.6 Å². The van der Waals surface area contributed by atoms with Crippen molar-refractivity contribution in [2.45, 2.75) is 32.4 Å². The van der Waals surface area contributed by atoms with E-state index < -0.39 is 12.5 Å². The molecule has 0 saturated carbocycles. The molecule has 2 aliphatic heterocycles. The first kappa shape index (κ1) is 24.5. The number of aliphatic hydroxyl groups is 1. The molecule has 1 unspecified atom stereocenters. The molecule has 4 rings (SSSR count). The van der Waals surface area contributed by atoms with Crippen molar-refractivity contribution < 1.29 is 32.5 Å². The predicted molar refractivity (Wildman–Crippen MR) is 125 cm³/mol. The first-order chi connectivity index (χ1) is 16.7. The van der Waals surface area contributed by atoms with E-state index >= 15 is 0 Å². The lowest BCUT2D eigenvalue weighted by molar-refractivity contribution is -0.274. The Morgan fingerprint density at radius 1 is 1.03 bits per heavy atom. The number of allylic oxidation sites excluding steroid dienone is 2. The van der Waals surface area contributed by atoms with Crippen LogP contribution < -0.4 is 14.2 Å². The van der Waals surface area contributed by atoms with Crippen LogP contribution >= 0.6 is 0 Å². The second-order valence-electron chi connectivity index (χ2n) is 8.33. The molecule has 0 fully saturated rings. The summed E-state index contributed by atoms with van der Waals surface area (Å²) in [7, 11) is 0. The molecule has 35 heavy (non-hydrogen) atoms. The minimum Gasteiger partial charge on any atom is -0.487 e. The summed E-state index contributed by atoms with van der Waals surface area (Å²) in [6.07, 6.45) is 0.0000751. The van der Waals surface area contributed by atoms with E-state index in [-0.39, 0.29) is 25.0 Å². The monoisotopic (exact) mass is 489 g/mol. The highest BCUT2D eigenvalue weighted by Crippen LogP contribution is 2.29. The van der Waals surface area contributed by atoms with Gasteiger partial charge in [-0.15, -0.1) is 13.2 Å². The molecule has 2 heterocycles. The van der Waals surface area contributed by atoms with Crippen molar-refractivity contribution in [1.82, 2.24) is 9.91 Å². The number of para-hydroxylation sites is 2. The second-order valence-corrected chi connectivity index (χ2v) is 8.33. The van der Waals surface area contributed by atoms with E-state index in [0.717, 1.165) is 11.1 Å². The van der Waals surface area contributed by atoms with Gasteiger partial charge in [0.2, 0.25) is 0 Å². The number of ether oxygens (including phenoxy) is 3. The van der Waals surface area contributed by atoms with Gasteiger partial charge in [0.25, 0.3) is 0 Å². The number of benzene rings is 2. The molecule has 2 aromatic rings. The second kappa shape index (κ2) is 10.3. The Kier molecular flexibility index (Phi) is 7.20. The standard InChI is InChI=1S/C25H26F3N3O4/c1-17(2)34-23-6-4-3-5-22(23)33-15-20(32)14-31-16-30-13-19(9-12-24(30)29-31)18-7-10-21(11-8-18)35-25(26,27)28/h3-13,17,20,32H,14-16H2,1-2H3. The van der Waals surface area contributed by atoms with E-state index in [1.807, 2.05) is 55.3 Å². The van der Waals surface area contributed by atoms with E-state index in [0.29, 0.717) is 24.0 Å². The number of hydrazone groups is 1. The molecule has 0 amide bonds. The van der Waals surface area contributed by atoms with Gasteiger partial charge in [-0.2, -0.15) is 5.10 Å². The molecule has 10 heteroatoms. The number of hydrogen-bond acceptors (Lipinski definition) is 7. The molecule has 186 valence electrons. The van der Waals surface area contributed by atoms with Crippen LogP contribution in [0.1, 0.15) is 19.4 Å². The minimum atomic E-state index is -4.73. The molecule has 7 nitrogen and oxygen atoms in total. The number of alkyl halides is 3. The number of halogens is 3. The highest BCUT2D eigenvalue weighted by molar-refractivity contribution is 6.00. The third kappa shape index (κ3) is 6.69. The maximum Gasteiger partial charge on any atom is 0.573 e. The number of β-amino-alcohol motifs (C(OH)–C–C–N with tert-alkyl or cyclic N) is 1. The molecular formula is C25H26F3N3O4. The lowest BCUT2D eigenvalue weighted by Crippen LogP contribution is -2.34. The van der Waals surface area contributed by atoms with Gasteiger partial charge in [-0.3, -0.25) is 5.01 Å². The van der Waals surface area contributed by atoms with E-state index in [9.17, 15) is 18.3 Å². The predicted octanol–water partition coefficient (Wildman–Crippen LogP) is 4.61. The first-order valence-electron chi connectivity index (χ1n) is 11.1. The number of amidine groups is 1. The van der Waals surface area contributed by atoms with Gasteiger partial charge in [0.15, 0.2) is 17.3 Å². The van der Waals surface area contributed by atoms with Crippen LogP contribution in [0, 0.1) is 0 Å². The highest BCUT2D eigenvalue weighted by atomic mass is 19.4. The average molecular weight is 489 g/mol. The van der Waals surface area contributed by atoms with Crippen LogP contribution in [0.3, 0.4) is 0 Å². The molecule has 1 N–H and O–H groups in total. The Hall–Kier alpha value is -3.66. The zero-order valence-electron chi connectivity index (χ0n) is 19.3. The Bertz CT molecular complexity index is 1110. The van der Waals surface area contributed by atoms with Crippen molar-refractivity contribution in [2.24, 2.45) is 5.10 Å². The van der Waals surface area contributed by atoms with Crippen LogP contribution in [-0.2, 0) is 0 Å². The maximum absolute atomic E-state index is 12.4. The molecule has 2 aliphatic rings. The molecule has 0 radical (unpaired) electrons. The van der Waals surface area contributed by atoms with Crippen LogP contribution in [0.15, 0.2) is 72.0 Å². The molecule has 1 atom stereocenters. The number of hydrogen-bond donors (Lipinski definition) is 1. The summed E-state index contributed by atoms with van der Waals surface area (Å²) in [4.78, 5) is 1.90. The molecule has 0 saturated heterocycles. The Morgan fingerprint density at radius 3 is 2.43 bits per heavy atom. The van der Waals surface area contributed by atoms with Crippen LogP contribution in [0.2, 0.25) is 0 Å². The Morgan fingerprint density at radius 2 is 1.74 bits per heavy atom. The van der Waals surface area contributed by atoms with Crippen molar-refractivity contribution in [2.75, 3.05) is 19.8 Å². The van der Waals surface area contributed by atoms with Gasteiger partial charge in [-0.1, -0.05) is 24.3 Å². The smallest absolute Gasteiger partial charge is 0.487 e. The zero-order valence-corrected chi connectivity index (χ0v) is 19.3. The third-order valence-electron chi connectivity index (χ3n) is 5.05. The van der Waals surface area contributed by atoms with E-state index in [1.54, 1.807) is 23.2 Å². The lowest BCUT2D eigenvalue weighted by Gasteiger charge is -2.22. The van der Waals surface area contributed by atoms with Crippen LogP contribution in [0.4, 0.5) is 13.2 Å². The third-order valence-corrected chi connectivity index (χ3v) is 5.05. The van der Waals surface area contributed by atoms with E-state index in [4.69, 9.17) is 9.47 Å². The maximum atomic E-state index is 12.4. The zero-order chi connectivity index (χ0) is 25.0. The number of aliphatic hydroxyl groups excluding tert-OH is 1. The normalized spacial score (nSPS) is 16.1. The molecule has 0 spiro atoms. The quantitative estimate of drug-likeness (QED) is 0.555. The van der Waals surface area contributed by atoms with Crippen molar-refractivity contribution in [3.8, 4) is 17.2 Å². The molecule has 0 bridgehead atoms. The van der Waals surface area contributed by atoms with Crippen LogP contribution in [-0.4, -0.2) is 59.2 Å². The molecule has 2 aromatic carbocycles. The SMILES string of the molecule is CC(C)Oc1ccccc1OCC(O)CN1CN2C=C(c3ccc(OC(F)(F)F)cc3)C=CC2=N1. The fraction of sp³-hybridized carbons (Fsp3) is 0.320. The highest BCUT2D eigenvalue weighted by Gasteiger charge is 2.31. The molecular weight excluding hydrogens is 463 g/mol. The largest absolute Gasteiger partial charge is 0.573 e. The van der Waals surface area contributed by atoms with Crippen molar-refractivity contribution >= 4 is 11.4 Å². The van der Waals surface area contributed by atoms with Gasteiger partial charge in [0.1, 0.15) is 25.1 Å². The van der Waals surface area contributed by atoms with Crippen LogP contribution in [0.5, 0.6) is 17.2 Å². The lowest BCUT2D eigenvalue weighted by atomic mass is 10.0. The van der Waals surface area contributed by atoms with Crippen molar-refractivity contribution in [3.63, 3.8) is 0 Å². The Labute approximate surface area is 201 Å². The minimum absolute atomic E-state index is 0.000322. The average Bonchev–Trinajstić information content (AvgIpc) is 3.19. The molecule has 0 aliphatic carbocycles. The van der Waals surface area contributed by atoms with Crippen LogP contribution in [0.25, 0.3) is 5.57 Å². The van der Waals surface area contributed by atoms with Crippen molar-refractivity contribution in [3.05, 3.63) is 72.4 Å². The summed E-state index contributed by atoms with van der Waals surface area (Å²) in [5.41, 5.74) is 1.55. The summed E-state index contributed by atoms with van der Waals surface area (Å²) in [5.74, 6) is 1.61. The van der Waals surface area contributed by atoms with Gasteiger partial charge in [-0.05, 0) is 61.4 Å². The summed E-state index contributed by atoms with van der Waals surface area (Å²) in [6, 6.07) is 13.0. The van der Waals surface area contributed by atoms with Gasteiger partial charge in [0, 0.05) is 6.20 Å². The molecule has 0 aromatic heterocycles. The summed E-state index contributed by atoms with van der Waals surface area (Å²) in [5, 5.41) is 16.7. The first-order valence-corrected chi connectivity index (χ1v) is 11.1. The fourth-order valence-electron chi connectivity index (χ4n) is 3.61.